The first-order valence-corrected chi connectivity index (χ1v) is 7.43. The normalized spacial score (nSPS) is 11.6. The van der Waals surface area contributed by atoms with Crippen LogP contribution >= 0.6 is 0 Å². The van der Waals surface area contributed by atoms with E-state index in [-0.39, 0.29) is 18.9 Å². The quantitative estimate of drug-likeness (QED) is 0.838. The van der Waals surface area contributed by atoms with Crippen LogP contribution in [0.1, 0.15) is 16.9 Å². The van der Waals surface area contributed by atoms with Gasteiger partial charge in [0, 0.05) is 0 Å². The van der Waals surface area contributed by atoms with E-state index in [4.69, 9.17) is 9.52 Å². The molecule has 0 fully saturated rings. The van der Waals surface area contributed by atoms with Crippen LogP contribution in [-0.4, -0.2) is 13.5 Å². The van der Waals surface area contributed by atoms with Crippen molar-refractivity contribution in [3.63, 3.8) is 0 Å². The molecule has 2 rings (SSSR count). The SMILES string of the molecule is O=S(=O)(Cc1ccc(CO)cc1)NCc1ccco1. The highest BCUT2D eigenvalue weighted by molar-refractivity contribution is 7.88. The summed E-state index contributed by atoms with van der Waals surface area (Å²) in [5.74, 6) is 0.471. The molecule has 0 bridgehead atoms. The molecule has 1 heterocycles. The summed E-state index contributed by atoms with van der Waals surface area (Å²) < 4.78 is 31.2. The Labute approximate surface area is 111 Å². The third-order valence-electron chi connectivity index (χ3n) is 2.61. The summed E-state index contributed by atoms with van der Waals surface area (Å²) in [6, 6.07) is 10.2. The van der Waals surface area contributed by atoms with Crippen molar-refractivity contribution in [1.29, 1.82) is 0 Å². The lowest BCUT2D eigenvalue weighted by Gasteiger charge is -2.06. The van der Waals surface area contributed by atoms with Crippen LogP contribution in [0.15, 0.2) is 47.1 Å². The van der Waals surface area contributed by atoms with Crippen LogP contribution in [0.5, 0.6) is 0 Å². The van der Waals surface area contributed by atoms with E-state index in [0.717, 1.165) is 5.56 Å². The highest BCUT2D eigenvalue weighted by atomic mass is 32.2. The van der Waals surface area contributed by atoms with Crippen LogP contribution in [0.4, 0.5) is 0 Å². The highest BCUT2D eigenvalue weighted by Gasteiger charge is 2.11. The van der Waals surface area contributed by atoms with Crippen molar-refractivity contribution in [3.05, 3.63) is 59.5 Å². The van der Waals surface area contributed by atoms with Gasteiger partial charge in [0.2, 0.25) is 10.0 Å². The van der Waals surface area contributed by atoms with Crippen molar-refractivity contribution in [2.45, 2.75) is 18.9 Å². The molecule has 0 radical (unpaired) electrons. The Morgan fingerprint density at radius 3 is 2.37 bits per heavy atom. The molecular weight excluding hydrogens is 266 g/mol. The van der Waals surface area contributed by atoms with E-state index in [9.17, 15) is 8.42 Å². The van der Waals surface area contributed by atoms with Crippen molar-refractivity contribution in [1.82, 2.24) is 4.72 Å². The Hall–Kier alpha value is -1.63. The largest absolute Gasteiger partial charge is 0.468 e. The number of hydrogen-bond acceptors (Lipinski definition) is 4. The van der Waals surface area contributed by atoms with Gasteiger partial charge in [-0.2, -0.15) is 0 Å². The van der Waals surface area contributed by atoms with E-state index in [0.29, 0.717) is 11.3 Å². The zero-order chi connectivity index (χ0) is 13.7. The fourth-order valence-electron chi connectivity index (χ4n) is 1.61. The summed E-state index contributed by atoms with van der Waals surface area (Å²) >= 11 is 0. The molecule has 5 nitrogen and oxygen atoms in total. The third kappa shape index (κ3) is 4.20. The average Bonchev–Trinajstić information content (AvgIpc) is 2.90. The zero-order valence-electron chi connectivity index (χ0n) is 10.2. The summed E-state index contributed by atoms with van der Waals surface area (Å²) in [6.07, 6.45) is 1.50. The summed E-state index contributed by atoms with van der Waals surface area (Å²) in [5.41, 5.74) is 1.42. The van der Waals surface area contributed by atoms with Crippen molar-refractivity contribution >= 4 is 10.0 Å². The summed E-state index contributed by atoms with van der Waals surface area (Å²) in [4.78, 5) is 0. The highest BCUT2D eigenvalue weighted by Crippen LogP contribution is 2.08. The smallest absolute Gasteiger partial charge is 0.216 e. The second-order valence-electron chi connectivity index (χ2n) is 4.13. The van der Waals surface area contributed by atoms with Gasteiger partial charge >= 0.3 is 0 Å². The Balaban J connectivity index is 1.96. The Morgan fingerprint density at radius 2 is 1.79 bits per heavy atom. The molecule has 19 heavy (non-hydrogen) atoms. The molecule has 0 aliphatic rings. The molecule has 0 amide bonds. The maximum Gasteiger partial charge on any atom is 0.216 e. The van der Waals surface area contributed by atoms with E-state index in [1.807, 2.05) is 0 Å². The Kier molecular flexibility index (Phi) is 4.36. The lowest BCUT2D eigenvalue weighted by Crippen LogP contribution is -2.24. The molecular formula is C13H15NO4S. The molecule has 0 aliphatic carbocycles. The molecule has 0 spiro atoms. The molecule has 0 saturated carbocycles. The monoisotopic (exact) mass is 281 g/mol. The predicted molar refractivity (Wildman–Crippen MR) is 70.5 cm³/mol. The van der Waals surface area contributed by atoms with Gasteiger partial charge in [0.1, 0.15) is 5.76 Å². The van der Waals surface area contributed by atoms with Gasteiger partial charge in [0.15, 0.2) is 0 Å². The lowest BCUT2D eigenvalue weighted by molar-refractivity contribution is 0.282. The second-order valence-corrected chi connectivity index (χ2v) is 5.94. The predicted octanol–water partition coefficient (Wildman–Crippen LogP) is 1.39. The van der Waals surface area contributed by atoms with Gasteiger partial charge in [-0.25, -0.2) is 13.1 Å². The van der Waals surface area contributed by atoms with Crippen molar-refractivity contribution in [2.75, 3.05) is 0 Å². The molecule has 0 atom stereocenters. The van der Waals surface area contributed by atoms with Crippen LogP contribution in [0, 0.1) is 0 Å². The second kappa shape index (κ2) is 6.01. The van der Waals surface area contributed by atoms with Crippen LogP contribution in [-0.2, 0) is 28.9 Å². The van der Waals surface area contributed by atoms with Crippen molar-refractivity contribution < 1.29 is 17.9 Å². The number of nitrogens with one attached hydrogen (secondary N) is 1. The van der Waals surface area contributed by atoms with Gasteiger partial charge in [-0.1, -0.05) is 24.3 Å². The minimum Gasteiger partial charge on any atom is -0.468 e. The van der Waals surface area contributed by atoms with Crippen molar-refractivity contribution in [3.8, 4) is 0 Å². The molecule has 102 valence electrons. The molecule has 0 unspecified atom stereocenters. The lowest BCUT2D eigenvalue weighted by atomic mass is 10.2. The standard InChI is InChI=1S/C13H15NO4S/c15-9-11-3-5-12(6-4-11)10-19(16,17)14-8-13-2-1-7-18-13/h1-7,14-15H,8-10H2. The van der Waals surface area contributed by atoms with E-state index >= 15 is 0 Å². The van der Waals surface area contributed by atoms with Gasteiger partial charge in [0.05, 0.1) is 25.2 Å². The first-order valence-electron chi connectivity index (χ1n) is 5.77. The topological polar surface area (TPSA) is 79.5 Å². The third-order valence-corrected chi connectivity index (χ3v) is 3.91. The molecule has 0 saturated heterocycles. The maximum atomic E-state index is 11.8. The first-order chi connectivity index (χ1) is 9.09. The van der Waals surface area contributed by atoms with E-state index in [1.165, 1.54) is 6.26 Å². The van der Waals surface area contributed by atoms with Gasteiger partial charge in [-0.3, -0.25) is 0 Å². The zero-order valence-corrected chi connectivity index (χ0v) is 11.1. The fourth-order valence-corrected chi connectivity index (χ4v) is 2.70. The molecule has 2 aromatic rings. The van der Waals surface area contributed by atoms with E-state index in [1.54, 1.807) is 36.4 Å². The van der Waals surface area contributed by atoms with Crippen LogP contribution in [0.3, 0.4) is 0 Å². The molecule has 6 heteroatoms. The van der Waals surface area contributed by atoms with E-state index < -0.39 is 10.0 Å². The average molecular weight is 281 g/mol. The van der Waals surface area contributed by atoms with Crippen LogP contribution in [0.2, 0.25) is 0 Å². The fraction of sp³-hybridized carbons (Fsp3) is 0.231. The number of rotatable bonds is 6. The Bertz CT molecular complexity index is 603. The minimum atomic E-state index is -3.40. The first kappa shape index (κ1) is 13.8. The number of aliphatic hydroxyl groups is 1. The van der Waals surface area contributed by atoms with Crippen LogP contribution in [0.25, 0.3) is 0 Å². The number of furan rings is 1. The summed E-state index contributed by atoms with van der Waals surface area (Å²) in [6.45, 7) is 0.0911. The van der Waals surface area contributed by atoms with Gasteiger partial charge in [0.25, 0.3) is 0 Å². The molecule has 1 aromatic heterocycles. The Morgan fingerprint density at radius 1 is 1.11 bits per heavy atom. The van der Waals surface area contributed by atoms with Gasteiger partial charge in [-0.15, -0.1) is 0 Å². The molecule has 2 N–H and O–H groups in total. The van der Waals surface area contributed by atoms with Crippen molar-refractivity contribution in [2.24, 2.45) is 0 Å². The number of aliphatic hydroxyl groups excluding tert-OH is 1. The number of benzene rings is 1. The minimum absolute atomic E-state index is 0.0518. The van der Waals surface area contributed by atoms with Gasteiger partial charge in [-0.05, 0) is 23.3 Å². The van der Waals surface area contributed by atoms with E-state index in [2.05, 4.69) is 4.72 Å². The number of hydrogen-bond donors (Lipinski definition) is 2. The molecule has 0 aliphatic heterocycles. The van der Waals surface area contributed by atoms with Gasteiger partial charge < -0.3 is 9.52 Å². The summed E-state index contributed by atoms with van der Waals surface area (Å²) in [7, 11) is -3.40. The summed E-state index contributed by atoms with van der Waals surface area (Å²) in [5, 5.41) is 8.91. The molecule has 1 aromatic carbocycles. The number of sulfonamides is 1. The maximum absolute atomic E-state index is 11.8. The van der Waals surface area contributed by atoms with Crippen LogP contribution < -0.4 is 4.72 Å².